The van der Waals surface area contributed by atoms with Gasteiger partial charge in [-0.15, -0.1) is 0 Å². The molecule has 0 aliphatic carbocycles. The van der Waals surface area contributed by atoms with Crippen molar-refractivity contribution >= 4 is 5.95 Å². The number of aryl methyl sites for hydroxylation is 1. The first-order chi connectivity index (χ1) is 8.70. The van der Waals surface area contributed by atoms with Crippen molar-refractivity contribution in [2.45, 2.75) is 26.4 Å². The normalized spacial score (nSPS) is 12.6. The van der Waals surface area contributed by atoms with Gasteiger partial charge in [0.2, 0.25) is 5.95 Å². The molecular formula is C12H19N5O. The van der Waals surface area contributed by atoms with Crippen molar-refractivity contribution in [3.05, 3.63) is 29.8 Å². The Morgan fingerprint density at radius 3 is 3.06 bits per heavy atom. The molecule has 0 bridgehead atoms. The molecule has 0 aliphatic heterocycles. The molecule has 0 spiro atoms. The third-order valence-electron chi connectivity index (χ3n) is 2.78. The summed E-state index contributed by atoms with van der Waals surface area (Å²) in [4.78, 5) is 4.31. The second-order valence-electron chi connectivity index (χ2n) is 4.40. The predicted molar refractivity (Wildman–Crippen MR) is 69.6 cm³/mol. The molecule has 2 aromatic rings. The molecule has 2 rings (SSSR count). The molecule has 2 N–H and O–H groups in total. The molecule has 1 unspecified atom stereocenters. The van der Waals surface area contributed by atoms with Gasteiger partial charge in [-0.25, -0.2) is 4.98 Å². The van der Waals surface area contributed by atoms with E-state index in [1.54, 1.807) is 13.3 Å². The van der Waals surface area contributed by atoms with Gasteiger partial charge < -0.3 is 14.6 Å². The van der Waals surface area contributed by atoms with Gasteiger partial charge in [-0.1, -0.05) is 0 Å². The maximum Gasteiger partial charge on any atom is 0.203 e. The van der Waals surface area contributed by atoms with Crippen LogP contribution in [0.5, 0.6) is 0 Å². The highest BCUT2D eigenvalue weighted by molar-refractivity contribution is 5.29. The number of anilines is 1. The van der Waals surface area contributed by atoms with E-state index in [1.807, 2.05) is 19.3 Å². The standard InChI is InChI=1S/C12H19N5O/c1-9(8-18-3)15-12-13-4-5-17(12)7-11-6-14-16-10(11)2/h4-6,9H,7-8H2,1-3H3,(H,13,15)(H,14,16). The molecule has 0 aromatic carbocycles. The summed E-state index contributed by atoms with van der Waals surface area (Å²) >= 11 is 0. The highest BCUT2D eigenvalue weighted by atomic mass is 16.5. The number of hydrogen-bond acceptors (Lipinski definition) is 4. The Morgan fingerprint density at radius 2 is 2.39 bits per heavy atom. The molecule has 0 aliphatic rings. The first-order valence-corrected chi connectivity index (χ1v) is 5.96. The van der Waals surface area contributed by atoms with E-state index in [-0.39, 0.29) is 6.04 Å². The van der Waals surface area contributed by atoms with Crippen LogP contribution < -0.4 is 5.32 Å². The summed E-state index contributed by atoms with van der Waals surface area (Å²) in [6.07, 6.45) is 5.59. The summed E-state index contributed by atoms with van der Waals surface area (Å²) in [6, 6.07) is 0.224. The van der Waals surface area contributed by atoms with E-state index in [0.29, 0.717) is 6.61 Å². The molecule has 0 amide bonds. The molecule has 0 fully saturated rings. The third-order valence-corrected chi connectivity index (χ3v) is 2.78. The van der Waals surface area contributed by atoms with Crippen LogP contribution in [0.2, 0.25) is 0 Å². The Morgan fingerprint density at radius 1 is 1.56 bits per heavy atom. The predicted octanol–water partition coefficient (Wildman–Crippen LogP) is 1.41. The van der Waals surface area contributed by atoms with Crippen LogP contribution in [0.25, 0.3) is 0 Å². The van der Waals surface area contributed by atoms with Gasteiger partial charge in [0.15, 0.2) is 0 Å². The number of nitrogens with one attached hydrogen (secondary N) is 2. The summed E-state index contributed by atoms with van der Waals surface area (Å²) in [6.45, 7) is 5.48. The van der Waals surface area contributed by atoms with Crippen molar-refractivity contribution < 1.29 is 4.74 Å². The van der Waals surface area contributed by atoms with Gasteiger partial charge in [-0.05, 0) is 13.8 Å². The number of rotatable bonds is 6. The number of aromatic nitrogens is 4. The van der Waals surface area contributed by atoms with Crippen LogP contribution in [0.1, 0.15) is 18.2 Å². The Labute approximate surface area is 106 Å². The lowest BCUT2D eigenvalue weighted by molar-refractivity contribution is 0.190. The summed E-state index contributed by atoms with van der Waals surface area (Å²) in [5.74, 6) is 0.847. The molecule has 0 saturated heterocycles. The van der Waals surface area contributed by atoms with Gasteiger partial charge >= 0.3 is 0 Å². The molecule has 6 nitrogen and oxygen atoms in total. The first-order valence-electron chi connectivity index (χ1n) is 5.96. The Bertz CT molecular complexity index is 490. The quantitative estimate of drug-likeness (QED) is 0.812. The Kier molecular flexibility index (Phi) is 3.99. The Balaban J connectivity index is 2.06. The zero-order valence-electron chi connectivity index (χ0n) is 11.0. The highest BCUT2D eigenvalue weighted by Crippen LogP contribution is 2.11. The van der Waals surface area contributed by atoms with Crippen LogP contribution in [0.4, 0.5) is 5.95 Å². The molecule has 2 aromatic heterocycles. The van der Waals surface area contributed by atoms with E-state index >= 15 is 0 Å². The first kappa shape index (κ1) is 12.6. The number of H-pyrrole nitrogens is 1. The summed E-state index contributed by atoms with van der Waals surface area (Å²) < 4.78 is 7.16. The van der Waals surface area contributed by atoms with Crippen LogP contribution in [0.3, 0.4) is 0 Å². The van der Waals surface area contributed by atoms with Crippen molar-refractivity contribution in [2.75, 3.05) is 19.0 Å². The zero-order valence-corrected chi connectivity index (χ0v) is 11.0. The smallest absolute Gasteiger partial charge is 0.203 e. The minimum Gasteiger partial charge on any atom is -0.383 e. The molecule has 0 radical (unpaired) electrons. The minimum absolute atomic E-state index is 0.224. The lowest BCUT2D eigenvalue weighted by Gasteiger charge is -2.15. The molecule has 18 heavy (non-hydrogen) atoms. The van der Waals surface area contributed by atoms with Crippen LogP contribution in [0.15, 0.2) is 18.6 Å². The fourth-order valence-electron chi connectivity index (χ4n) is 1.81. The third kappa shape index (κ3) is 2.89. The monoisotopic (exact) mass is 249 g/mol. The Hall–Kier alpha value is -1.82. The second kappa shape index (κ2) is 5.68. The van der Waals surface area contributed by atoms with Crippen molar-refractivity contribution in [3.63, 3.8) is 0 Å². The molecular weight excluding hydrogens is 230 g/mol. The topological polar surface area (TPSA) is 67.8 Å². The lowest BCUT2D eigenvalue weighted by atomic mass is 10.2. The van der Waals surface area contributed by atoms with Crippen molar-refractivity contribution in [1.82, 2.24) is 19.7 Å². The van der Waals surface area contributed by atoms with Gasteiger partial charge in [0.25, 0.3) is 0 Å². The lowest BCUT2D eigenvalue weighted by Crippen LogP contribution is -2.23. The van der Waals surface area contributed by atoms with Crippen LogP contribution in [0, 0.1) is 6.92 Å². The van der Waals surface area contributed by atoms with E-state index in [2.05, 4.69) is 32.0 Å². The molecule has 0 saturated carbocycles. The number of imidazole rings is 1. The van der Waals surface area contributed by atoms with Gasteiger partial charge in [-0.3, -0.25) is 5.10 Å². The van der Waals surface area contributed by atoms with Crippen LogP contribution in [-0.4, -0.2) is 39.5 Å². The van der Waals surface area contributed by atoms with E-state index in [1.165, 1.54) is 0 Å². The summed E-state index contributed by atoms with van der Waals surface area (Å²) in [7, 11) is 1.69. The van der Waals surface area contributed by atoms with Crippen molar-refractivity contribution in [1.29, 1.82) is 0 Å². The number of methoxy groups -OCH3 is 1. The average molecular weight is 249 g/mol. The second-order valence-corrected chi connectivity index (χ2v) is 4.40. The van der Waals surface area contributed by atoms with E-state index in [0.717, 1.165) is 23.8 Å². The van der Waals surface area contributed by atoms with Gasteiger partial charge in [-0.2, -0.15) is 5.10 Å². The van der Waals surface area contributed by atoms with Gasteiger partial charge in [0.1, 0.15) is 0 Å². The maximum absolute atomic E-state index is 5.10. The van der Waals surface area contributed by atoms with Gasteiger partial charge in [0, 0.05) is 36.8 Å². The number of hydrogen-bond donors (Lipinski definition) is 2. The van der Waals surface area contributed by atoms with E-state index in [4.69, 9.17) is 4.74 Å². The van der Waals surface area contributed by atoms with Crippen molar-refractivity contribution in [3.8, 4) is 0 Å². The number of aromatic amines is 1. The summed E-state index contributed by atoms with van der Waals surface area (Å²) in [5, 5.41) is 10.3. The van der Waals surface area contributed by atoms with Crippen molar-refractivity contribution in [2.24, 2.45) is 0 Å². The maximum atomic E-state index is 5.10. The van der Waals surface area contributed by atoms with Gasteiger partial charge in [0.05, 0.1) is 19.3 Å². The molecule has 2 heterocycles. The fraction of sp³-hybridized carbons (Fsp3) is 0.500. The number of ether oxygens (including phenoxy) is 1. The van der Waals surface area contributed by atoms with E-state index in [9.17, 15) is 0 Å². The minimum atomic E-state index is 0.224. The van der Waals surface area contributed by atoms with Crippen LogP contribution in [-0.2, 0) is 11.3 Å². The average Bonchev–Trinajstić information content (AvgIpc) is 2.91. The van der Waals surface area contributed by atoms with Crippen LogP contribution >= 0.6 is 0 Å². The van der Waals surface area contributed by atoms with E-state index < -0.39 is 0 Å². The fourth-order valence-corrected chi connectivity index (χ4v) is 1.81. The zero-order chi connectivity index (χ0) is 13.0. The summed E-state index contributed by atoms with van der Waals surface area (Å²) in [5.41, 5.74) is 2.25. The molecule has 6 heteroatoms. The SMILES string of the molecule is COCC(C)Nc1nccn1Cc1cn[nH]c1C. The highest BCUT2D eigenvalue weighted by Gasteiger charge is 2.09. The molecule has 1 atom stereocenters. The number of nitrogens with zero attached hydrogens (tertiary/aromatic N) is 3. The largest absolute Gasteiger partial charge is 0.383 e. The molecule has 98 valence electrons.